The number of phosphoric ester groups is 1. The van der Waals surface area contributed by atoms with Gasteiger partial charge in [0.2, 0.25) is 0 Å². The molecule has 0 heterocycles. The Bertz CT molecular complexity index is 1470. The lowest BCUT2D eigenvalue weighted by Crippen LogP contribution is -2.64. The zero-order valence-corrected chi connectivity index (χ0v) is 38.7. The quantitative estimate of drug-likeness (QED) is 0.0150. The minimum absolute atomic E-state index is 0.0456. The van der Waals surface area contributed by atoms with Crippen LogP contribution in [0, 0.1) is 0 Å². The summed E-state index contributed by atoms with van der Waals surface area (Å²) in [6.07, 6.45) is 37.4. The van der Waals surface area contributed by atoms with Gasteiger partial charge in [-0.2, -0.15) is 0 Å². The van der Waals surface area contributed by atoms with E-state index in [1.807, 2.05) is 0 Å². The molecule has 358 valence electrons. The highest BCUT2D eigenvalue weighted by atomic mass is 31.2. The third-order valence-electron chi connectivity index (χ3n) is 9.86. The number of rotatable bonds is 36. The Kier molecular flexibility index (Phi) is 34.9. The molecule has 0 amide bonds. The van der Waals surface area contributed by atoms with Crippen LogP contribution in [0.25, 0.3) is 0 Å². The van der Waals surface area contributed by atoms with Crippen LogP contribution in [0.5, 0.6) is 0 Å². The van der Waals surface area contributed by atoms with Crippen molar-refractivity contribution in [3.05, 3.63) is 97.2 Å². The van der Waals surface area contributed by atoms with Gasteiger partial charge < -0.3 is 39.9 Å². The average Bonchev–Trinajstić information content (AvgIpc) is 3.26. The van der Waals surface area contributed by atoms with E-state index in [0.717, 1.165) is 96.3 Å². The predicted molar refractivity (Wildman–Crippen MR) is 248 cm³/mol. The zero-order chi connectivity index (χ0) is 46.4. The van der Waals surface area contributed by atoms with E-state index in [0.29, 0.717) is 12.8 Å². The summed E-state index contributed by atoms with van der Waals surface area (Å²) in [6, 6.07) is 0. The van der Waals surface area contributed by atoms with Crippen molar-refractivity contribution in [2.45, 2.75) is 185 Å². The Morgan fingerprint density at radius 1 is 0.492 bits per heavy atom. The van der Waals surface area contributed by atoms with Crippen LogP contribution >= 0.6 is 7.82 Å². The van der Waals surface area contributed by atoms with Crippen molar-refractivity contribution in [2.75, 3.05) is 13.2 Å². The molecular formula is C49H79O13P. The first-order chi connectivity index (χ1) is 30.4. The molecule has 1 rings (SSSR count). The third-order valence-corrected chi connectivity index (χ3v) is 10.8. The number of carbonyl (C=O) groups is 2. The summed E-state index contributed by atoms with van der Waals surface area (Å²) in [4.78, 5) is 35.7. The SMILES string of the molecule is CCC/C=C/C/C=C/C/C=C/C/C=C/CCCCCC(=O)OC[C@@H](COP(=O)(O)OC1C(O)C(O)C(O)[C@H](O)C1O)OC(=O)CCCCC/C=C/C/C=C/C/C=C/C/C=C/CCC. The van der Waals surface area contributed by atoms with Gasteiger partial charge in [-0.15, -0.1) is 0 Å². The summed E-state index contributed by atoms with van der Waals surface area (Å²) < 4.78 is 33.5. The molecule has 63 heavy (non-hydrogen) atoms. The lowest BCUT2D eigenvalue weighted by atomic mass is 9.85. The molecule has 1 fully saturated rings. The second-order valence-corrected chi connectivity index (χ2v) is 16.9. The molecule has 0 bridgehead atoms. The highest BCUT2D eigenvalue weighted by Gasteiger charge is 2.51. The minimum Gasteiger partial charge on any atom is -0.462 e. The van der Waals surface area contributed by atoms with Crippen LogP contribution in [0.2, 0.25) is 0 Å². The Labute approximate surface area is 377 Å². The molecule has 13 nitrogen and oxygen atoms in total. The van der Waals surface area contributed by atoms with Gasteiger partial charge in [0.15, 0.2) is 6.10 Å². The van der Waals surface area contributed by atoms with Gasteiger partial charge in [-0.1, -0.05) is 137 Å². The van der Waals surface area contributed by atoms with Crippen LogP contribution < -0.4 is 0 Å². The molecule has 1 aliphatic rings. The number of allylic oxidation sites excluding steroid dienone is 16. The molecule has 0 radical (unpaired) electrons. The van der Waals surface area contributed by atoms with Crippen molar-refractivity contribution in [3.63, 3.8) is 0 Å². The number of unbranched alkanes of at least 4 members (excludes halogenated alkanes) is 8. The second-order valence-electron chi connectivity index (χ2n) is 15.5. The smallest absolute Gasteiger partial charge is 0.462 e. The van der Waals surface area contributed by atoms with Gasteiger partial charge in [0.05, 0.1) is 6.61 Å². The summed E-state index contributed by atoms with van der Waals surface area (Å²) in [5.74, 6) is -1.18. The summed E-state index contributed by atoms with van der Waals surface area (Å²) >= 11 is 0. The largest absolute Gasteiger partial charge is 0.472 e. The van der Waals surface area contributed by atoms with E-state index >= 15 is 0 Å². The van der Waals surface area contributed by atoms with Crippen LogP contribution in [-0.2, 0) is 32.7 Å². The summed E-state index contributed by atoms with van der Waals surface area (Å²) in [5, 5.41) is 50.2. The standard InChI is InChI=1S/C49H79O13P/c1-3-5-7-9-11-13-15-17-19-21-23-25-27-29-31-33-35-37-42(50)59-39-41(40-60-63(57,58)62-49-47(55)45(53)44(52)46(54)48(49)56)61-43(51)38-36-34-32-30-28-26-24-22-20-18-16-14-12-10-8-6-4-2/h7-10,13-16,19-22,25-28,41,44-49,52-56H,3-6,11-12,17-18,23-24,29-40H2,1-2H3,(H,57,58)/b9-7+,10-8+,15-13+,16-14+,21-19+,22-20+,27-25+,28-26+/t41-,44?,45-,46?,47?,48?,49?/m0/s1. The molecule has 0 aliphatic heterocycles. The molecule has 14 heteroatoms. The molecule has 0 aromatic heterocycles. The fourth-order valence-corrected chi connectivity index (χ4v) is 7.12. The molecule has 1 aliphatic carbocycles. The Balaban J connectivity index is 2.52. The van der Waals surface area contributed by atoms with Gasteiger partial charge in [0.25, 0.3) is 0 Å². The molecule has 6 N–H and O–H groups in total. The highest BCUT2D eigenvalue weighted by Crippen LogP contribution is 2.47. The predicted octanol–water partition coefficient (Wildman–Crippen LogP) is 9.05. The normalized spacial score (nSPS) is 22.6. The van der Waals surface area contributed by atoms with Gasteiger partial charge >= 0.3 is 19.8 Å². The molecule has 1 saturated carbocycles. The van der Waals surface area contributed by atoms with E-state index in [9.17, 15) is 44.6 Å². The van der Waals surface area contributed by atoms with E-state index in [2.05, 4.69) is 111 Å². The first-order valence-electron chi connectivity index (χ1n) is 23.0. The van der Waals surface area contributed by atoms with E-state index in [1.54, 1.807) is 0 Å². The van der Waals surface area contributed by atoms with E-state index in [-0.39, 0.29) is 12.8 Å². The Morgan fingerprint density at radius 2 is 0.857 bits per heavy atom. The Morgan fingerprint density at radius 3 is 1.27 bits per heavy atom. The molecule has 6 unspecified atom stereocenters. The van der Waals surface area contributed by atoms with Crippen LogP contribution in [0.15, 0.2) is 97.2 Å². The van der Waals surface area contributed by atoms with Crippen molar-refractivity contribution in [2.24, 2.45) is 0 Å². The van der Waals surface area contributed by atoms with E-state index < -0.39 is 75.7 Å². The lowest BCUT2D eigenvalue weighted by Gasteiger charge is -2.41. The number of hydrogen-bond donors (Lipinski definition) is 6. The van der Waals surface area contributed by atoms with Crippen molar-refractivity contribution >= 4 is 19.8 Å². The maximum absolute atomic E-state index is 12.8. The molecule has 0 aromatic rings. The second kappa shape index (κ2) is 38.1. The number of esters is 2. The van der Waals surface area contributed by atoms with Gasteiger partial charge in [0.1, 0.15) is 43.2 Å². The maximum atomic E-state index is 12.8. The summed E-state index contributed by atoms with van der Waals surface area (Å²) in [7, 11) is -5.14. The van der Waals surface area contributed by atoms with Gasteiger partial charge in [0, 0.05) is 12.8 Å². The van der Waals surface area contributed by atoms with E-state index in [1.165, 1.54) is 6.42 Å². The van der Waals surface area contributed by atoms with E-state index in [4.69, 9.17) is 18.5 Å². The van der Waals surface area contributed by atoms with Crippen molar-refractivity contribution in [1.82, 2.24) is 0 Å². The number of carbonyl (C=O) groups excluding carboxylic acids is 2. The van der Waals surface area contributed by atoms with Gasteiger partial charge in [-0.3, -0.25) is 18.6 Å². The van der Waals surface area contributed by atoms with Crippen LogP contribution in [0.4, 0.5) is 0 Å². The number of aliphatic hydroxyl groups is 5. The van der Waals surface area contributed by atoms with Crippen molar-refractivity contribution in [3.8, 4) is 0 Å². The van der Waals surface area contributed by atoms with Crippen molar-refractivity contribution < 1.29 is 63.1 Å². The number of hydrogen-bond acceptors (Lipinski definition) is 12. The number of phosphoric acid groups is 1. The molecule has 0 aromatic carbocycles. The highest BCUT2D eigenvalue weighted by molar-refractivity contribution is 7.47. The third kappa shape index (κ3) is 30.5. The number of aliphatic hydroxyl groups excluding tert-OH is 5. The average molecular weight is 907 g/mol. The maximum Gasteiger partial charge on any atom is 0.472 e. The monoisotopic (exact) mass is 907 g/mol. The zero-order valence-electron chi connectivity index (χ0n) is 37.8. The summed E-state index contributed by atoms with van der Waals surface area (Å²) in [6.45, 7) is 3.09. The Hall–Kier alpha value is -3.23. The topological polar surface area (TPSA) is 210 Å². The fourth-order valence-electron chi connectivity index (χ4n) is 6.15. The van der Waals surface area contributed by atoms with Gasteiger partial charge in [-0.05, 0) is 89.9 Å². The van der Waals surface area contributed by atoms with Crippen LogP contribution in [0.1, 0.15) is 142 Å². The van der Waals surface area contributed by atoms with Crippen LogP contribution in [0.3, 0.4) is 0 Å². The molecule has 0 saturated heterocycles. The van der Waals surface area contributed by atoms with Gasteiger partial charge in [-0.25, -0.2) is 4.57 Å². The first-order valence-corrected chi connectivity index (χ1v) is 24.5. The lowest BCUT2D eigenvalue weighted by molar-refractivity contribution is -0.220. The fraction of sp³-hybridized carbons (Fsp3) is 0.633. The molecular weight excluding hydrogens is 827 g/mol. The molecule has 8 atom stereocenters. The first kappa shape index (κ1) is 57.8. The molecule has 0 spiro atoms. The minimum atomic E-state index is -5.14. The van der Waals surface area contributed by atoms with Crippen molar-refractivity contribution in [1.29, 1.82) is 0 Å². The number of ether oxygens (including phenoxy) is 2. The van der Waals surface area contributed by atoms with Crippen LogP contribution in [-0.4, -0.2) is 98.3 Å². The summed E-state index contributed by atoms with van der Waals surface area (Å²) in [5.41, 5.74) is 0.